The van der Waals surface area contributed by atoms with Crippen molar-refractivity contribution in [2.24, 2.45) is 4.99 Å². The van der Waals surface area contributed by atoms with Gasteiger partial charge < -0.3 is 10.4 Å². The van der Waals surface area contributed by atoms with E-state index in [1.54, 1.807) is 24.3 Å². The standard InChI is InChI=1S/C18H15BrN2O2S/c1-10-3-4-11(2)14(7-10)20-18-21-17(23)16(24-18)9-12-5-6-15(22)13(19)8-12/h3-9,22H,1-2H3,(H,20,21,23). The minimum atomic E-state index is -0.173. The Labute approximate surface area is 152 Å². The lowest BCUT2D eigenvalue weighted by Gasteiger charge is -2.02. The first kappa shape index (κ1) is 16.8. The zero-order valence-electron chi connectivity index (χ0n) is 13.1. The molecule has 122 valence electrons. The van der Waals surface area contributed by atoms with E-state index in [0.29, 0.717) is 14.5 Å². The molecule has 0 aromatic heterocycles. The predicted molar refractivity (Wildman–Crippen MR) is 103 cm³/mol. The van der Waals surface area contributed by atoms with Crippen molar-refractivity contribution in [3.63, 3.8) is 0 Å². The van der Waals surface area contributed by atoms with Gasteiger partial charge in [0.2, 0.25) is 0 Å². The quantitative estimate of drug-likeness (QED) is 0.717. The molecular weight excluding hydrogens is 388 g/mol. The number of benzene rings is 2. The predicted octanol–water partition coefficient (Wildman–Crippen LogP) is 4.66. The molecule has 6 heteroatoms. The number of hydrogen-bond acceptors (Lipinski definition) is 4. The molecule has 0 unspecified atom stereocenters. The van der Waals surface area contributed by atoms with E-state index >= 15 is 0 Å². The van der Waals surface area contributed by atoms with Gasteiger partial charge in [-0.05, 0) is 82.5 Å². The second-order valence-electron chi connectivity index (χ2n) is 5.48. The Hall–Kier alpha value is -2.05. The number of amidine groups is 1. The van der Waals surface area contributed by atoms with E-state index in [2.05, 4.69) is 26.2 Å². The van der Waals surface area contributed by atoms with Gasteiger partial charge in [0.15, 0.2) is 5.17 Å². The van der Waals surface area contributed by atoms with Crippen LogP contribution < -0.4 is 5.32 Å². The molecule has 1 fully saturated rings. The van der Waals surface area contributed by atoms with Crippen LogP contribution in [0.4, 0.5) is 5.69 Å². The van der Waals surface area contributed by atoms with E-state index in [4.69, 9.17) is 0 Å². The maximum atomic E-state index is 12.1. The fourth-order valence-corrected chi connectivity index (χ4v) is 3.43. The Morgan fingerprint density at radius 2 is 2.00 bits per heavy atom. The highest BCUT2D eigenvalue weighted by Crippen LogP contribution is 2.31. The number of nitrogens with zero attached hydrogens (tertiary/aromatic N) is 1. The number of hydrogen-bond donors (Lipinski definition) is 2. The highest BCUT2D eigenvalue weighted by molar-refractivity contribution is 9.10. The fraction of sp³-hybridized carbons (Fsp3) is 0.111. The molecule has 0 atom stereocenters. The third kappa shape index (κ3) is 3.71. The van der Waals surface area contributed by atoms with Crippen molar-refractivity contribution < 1.29 is 9.90 Å². The van der Waals surface area contributed by atoms with Gasteiger partial charge >= 0.3 is 0 Å². The van der Waals surface area contributed by atoms with E-state index < -0.39 is 0 Å². The van der Waals surface area contributed by atoms with Crippen LogP contribution in [0.25, 0.3) is 6.08 Å². The van der Waals surface area contributed by atoms with Crippen LogP contribution in [-0.2, 0) is 4.79 Å². The Balaban J connectivity index is 1.87. The van der Waals surface area contributed by atoms with Crippen LogP contribution in [-0.4, -0.2) is 16.2 Å². The smallest absolute Gasteiger partial charge is 0.264 e. The number of phenolic OH excluding ortho intramolecular Hbond substituents is 1. The van der Waals surface area contributed by atoms with E-state index in [-0.39, 0.29) is 11.7 Å². The summed E-state index contributed by atoms with van der Waals surface area (Å²) in [6.45, 7) is 4.00. The molecule has 24 heavy (non-hydrogen) atoms. The Kier molecular flexibility index (Phi) is 4.78. The molecule has 0 bridgehead atoms. The minimum Gasteiger partial charge on any atom is -0.507 e. The zero-order valence-corrected chi connectivity index (χ0v) is 15.5. The molecule has 1 aliphatic rings. The van der Waals surface area contributed by atoms with Crippen molar-refractivity contribution in [3.05, 3.63) is 62.5 Å². The molecule has 0 spiro atoms. The van der Waals surface area contributed by atoms with Gasteiger partial charge in [-0.3, -0.25) is 4.79 Å². The third-order valence-corrected chi connectivity index (χ3v) is 5.05. The number of carbonyl (C=O) groups is 1. The van der Waals surface area contributed by atoms with Gasteiger partial charge in [0.25, 0.3) is 5.91 Å². The Morgan fingerprint density at radius 3 is 2.75 bits per heavy atom. The molecule has 2 aromatic carbocycles. The van der Waals surface area contributed by atoms with E-state index in [0.717, 1.165) is 22.4 Å². The zero-order chi connectivity index (χ0) is 17.3. The summed E-state index contributed by atoms with van der Waals surface area (Å²) in [5, 5.41) is 12.9. The number of thioether (sulfide) groups is 1. The highest BCUT2D eigenvalue weighted by atomic mass is 79.9. The molecular formula is C18H15BrN2O2S. The van der Waals surface area contributed by atoms with Crippen molar-refractivity contribution in [1.29, 1.82) is 0 Å². The number of nitrogens with one attached hydrogen (secondary N) is 1. The fourth-order valence-electron chi connectivity index (χ4n) is 2.19. The summed E-state index contributed by atoms with van der Waals surface area (Å²) in [5.41, 5.74) is 3.86. The van der Waals surface area contributed by atoms with Gasteiger partial charge in [-0.1, -0.05) is 18.2 Å². The Bertz CT molecular complexity index is 891. The number of halogens is 1. The number of aromatic hydroxyl groups is 1. The van der Waals surface area contributed by atoms with Crippen molar-refractivity contribution in [3.8, 4) is 5.75 Å². The molecule has 1 heterocycles. The summed E-state index contributed by atoms with van der Waals surface area (Å²) in [5.74, 6) is -0.00824. The van der Waals surface area contributed by atoms with Crippen LogP contribution in [0.5, 0.6) is 5.75 Å². The van der Waals surface area contributed by atoms with Crippen LogP contribution in [0, 0.1) is 13.8 Å². The second kappa shape index (κ2) is 6.83. The van der Waals surface area contributed by atoms with Crippen molar-refractivity contribution in [1.82, 2.24) is 5.32 Å². The number of aliphatic imine (C=N–C) groups is 1. The molecule has 1 saturated heterocycles. The maximum Gasteiger partial charge on any atom is 0.264 e. The van der Waals surface area contributed by atoms with Gasteiger partial charge in [-0.25, -0.2) is 4.99 Å². The lowest BCUT2D eigenvalue weighted by atomic mass is 10.1. The van der Waals surface area contributed by atoms with Gasteiger partial charge in [0.1, 0.15) is 5.75 Å². The molecule has 0 aliphatic carbocycles. The summed E-state index contributed by atoms with van der Waals surface area (Å²) in [4.78, 5) is 17.3. The molecule has 1 aliphatic heterocycles. The van der Waals surface area contributed by atoms with E-state index in [9.17, 15) is 9.90 Å². The molecule has 2 aromatic rings. The normalized spacial score (nSPS) is 17.5. The van der Waals surface area contributed by atoms with Gasteiger partial charge in [-0.2, -0.15) is 0 Å². The van der Waals surface area contributed by atoms with Crippen LogP contribution in [0.3, 0.4) is 0 Å². The second-order valence-corrected chi connectivity index (χ2v) is 7.37. The number of aryl methyl sites for hydroxylation is 2. The molecule has 0 saturated carbocycles. The molecule has 4 nitrogen and oxygen atoms in total. The van der Waals surface area contributed by atoms with Crippen LogP contribution in [0.1, 0.15) is 16.7 Å². The summed E-state index contributed by atoms with van der Waals surface area (Å²) in [6.07, 6.45) is 1.77. The summed E-state index contributed by atoms with van der Waals surface area (Å²) < 4.78 is 0.588. The minimum absolute atomic E-state index is 0.165. The van der Waals surface area contributed by atoms with Crippen LogP contribution >= 0.6 is 27.7 Å². The number of phenols is 1. The first-order chi connectivity index (χ1) is 11.4. The van der Waals surface area contributed by atoms with Crippen molar-refractivity contribution >= 4 is 50.5 Å². The topological polar surface area (TPSA) is 61.7 Å². The van der Waals surface area contributed by atoms with E-state index in [1.807, 2.05) is 32.0 Å². The summed E-state index contributed by atoms with van der Waals surface area (Å²) >= 11 is 4.58. The first-order valence-electron chi connectivity index (χ1n) is 7.28. The number of carbonyl (C=O) groups excluding carboxylic acids is 1. The van der Waals surface area contributed by atoms with Gasteiger partial charge in [0.05, 0.1) is 15.1 Å². The SMILES string of the molecule is Cc1ccc(C)c(N=C2NC(=O)C(=Cc3ccc(O)c(Br)c3)S2)c1. The van der Waals surface area contributed by atoms with Crippen molar-refractivity contribution in [2.75, 3.05) is 0 Å². The molecule has 0 radical (unpaired) electrons. The molecule has 3 rings (SSSR count). The van der Waals surface area contributed by atoms with E-state index in [1.165, 1.54) is 11.8 Å². The monoisotopic (exact) mass is 402 g/mol. The molecule has 1 amide bonds. The van der Waals surface area contributed by atoms with Gasteiger partial charge in [0, 0.05) is 0 Å². The van der Waals surface area contributed by atoms with Crippen LogP contribution in [0.15, 0.2) is 50.8 Å². The average molecular weight is 403 g/mol. The first-order valence-corrected chi connectivity index (χ1v) is 8.89. The lowest BCUT2D eigenvalue weighted by Crippen LogP contribution is -2.19. The maximum absolute atomic E-state index is 12.1. The largest absolute Gasteiger partial charge is 0.507 e. The Morgan fingerprint density at radius 1 is 1.21 bits per heavy atom. The highest BCUT2D eigenvalue weighted by Gasteiger charge is 2.24. The average Bonchev–Trinajstić information content (AvgIpc) is 2.86. The number of rotatable bonds is 2. The molecule has 2 N–H and O–H groups in total. The van der Waals surface area contributed by atoms with Crippen LogP contribution in [0.2, 0.25) is 0 Å². The third-order valence-electron chi connectivity index (χ3n) is 3.51. The summed E-state index contributed by atoms with van der Waals surface area (Å²) in [6, 6.07) is 11.1. The summed E-state index contributed by atoms with van der Waals surface area (Å²) in [7, 11) is 0. The van der Waals surface area contributed by atoms with Crippen molar-refractivity contribution in [2.45, 2.75) is 13.8 Å². The van der Waals surface area contributed by atoms with Gasteiger partial charge in [-0.15, -0.1) is 0 Å². The number of amides is 1. The lowest BCUT2D eigenvalue weighted by molar-refractivity contribution is -0.115.